The molecule has 4 heteroatoms. The zero-order valence-corrected chi connectivity index (χ0v) is 5.53. The quantitative estimate of drug-likeness (QED) is 0.367. The Kier molecular flexibility index (Phi) is 3.64. The zero-order chi connectivity index (χ0) is 6.57. The number of nitrogens with two attached hydrogens (primary N) is 1. The Labute approximate surface area is 52.8 Å². The van der Waals surface area contributed by atoms with E-state index >= 15 is 0 Å². The normalized spacial score (nSPS) is 13.2. The Balaban J connectivity index is 3.05. The summed E-state index contributed by atoms with van der Waals surface area (Å²) in [5.74, 6) is 0.509. The number of hydrogen-bond donors (Lipinski definition) is 3. The lowest BCUT2D eigenvalue weighted by Crippen LogP contribution is -2.10. The van der Waals surface area contributed by atoms with Gasteiger partial charge in [0.2, 0.25) is 0 Å². The number of amidine groups is 1. The molecule has 0 aliphatic rings. The highest BCUT2D eigenvalue weighted by atomic mass is 32.2. The van der Waals surface area contributed by atoms with Crippen LogP contribution in [0.25, 0.3) is 0 Å². The summed E-state index contributed by atoms with van der Waals surface area (Å²) < 4.78 is 0. The Morgan fingerprint density at radius 3 is 2.62 bits per heavy atom. The monoisotopic (exact) mass is 134 g/mol. The summed E-state index contributed by atoms with van der Waals surface area (Å²) in [6, 6.07) is 0. The lowest BCUT2D eigenvalue weighted by Gasteiger charge is -1.99. The first-order valence-corrected chi connectivity index (χ1v) is 3.26. The van der Waals surface area contributed by atoms with Crippen molar-refractivity contribution in [1.29, 1.82) is 5.41 Å². The average molecular weight is 134 g/mol. The molecule has 0 radical (unpaired) electrons. The van der Waals surface area contributed by atoms with Gasteiger partial charge in [0.1, 0.15) is 0 Å². The molecule has 8 heavy (non-hydrogen) atoms. The van der Waals surface area contributed by atoms with Gasteiger partial charge >= 0.3 is 0 Å². The molecule has 0 aromatic rings. The fraction of sp³-hybridized carbons (Fsp3) is 0.750. The van der Waals surface area contributed by atoms with E-state index in [2.05, 4.69) is 0 Å². The average Bonchev–Trinajstić information content (AvgIpc) is 1.61. The number of hydrogen-bond acceptors (Lipinski definition) is 3. The van der Waals surface area contributed by atoms with Crippen LogP contribution in [0.15, 0.2) is 0 Å². The molecule has 0 saturated carbocycles. The maximum absolute atomic E-state index is 8.63. The number of thioether (sulfide) groups is 1. The molecule has 0 fully saturated rings. The van der Waals surface area contributed by atoms with Gasteiger partial charge in [0, 0.05) is 5.75 Å². The van der Waals surface area contributed by atoms with E-state index in [1.165, 1.54) is 0 Å². The van der Waals surface area contributed by atoms with Crippen LogP contribution in [0.4, 0.5) is 0 Å². The van der Waals surface area contributed by atoms with E-state index in [-0.39, 0.29) is 11.3 Å². The molecule has 0 aromatic carbocycles. The molecule has 3 nitrogen and oxygen atoms in total. The van der Waals surface area contributed by atoms with Crippen LogP contribution in [0, 0.1) is 5.41 Å². The van der Waals surface area contributed by atoms with Crippen LogP contribution in [-0.2, 0) is 0 Å². The van der Waals surface area contributed by atoms with Crippen molar-refractivity contribution in [2.45, 2.75) is 13.0 Å². The molecule has 0 spiro atoms. The molecule has 0 aromatic heterocycles. The van der Waals surface area contributed by atoms with Crippen molar-refractivity contribution in [3.8, 4) is 0 Å². The molecular formula is C4H10N2OS. The summed E-state index contributed by atoms with van der Waals surface area (Å²) in [4.78, 5) is 0. The Morgan fingerprint density at radius 1 is 2.00 bits per heavy atom. The Morgan fingerprint density at radius 2 is 2.50 bits per heavy atom. The molecule has 4 N–H and O–H groups in total. The number of nitrogens with one attached hydrogen (secondary N) is 1. The Bertz CT molecular complexity index is 84.1. The van der Waals surface area contributed by atoms with Crippen LogP contribution in [0.5, 0.6) is 0 Å². The lowest BCUT2D eigenvalue weighted by molar-refractivity contribution is 0.220. The van der Waals surface area contributed by atoms with Gasteiger partial charge in [-0.15, -0.1) is 0 Å². The van der Waals surface area contributed by atoms with Crippen LogP contribution < -0.4 is 5.73 Å². The van der Waals surface area contributed by atoms with Gasteiger partial charge in [-0.3, -0.25) is 5.41 Å². The van der Waals surface area contributed by atoms with Crippen molar-refractivity contribution in [3.05, 3.63) is 0 Å². The van der Waals surface area contributed by atoms with E-state index in [0.717, 1.165) is 11.8 Å². The topological polar surface area (TPSA) is 70.1 Å². The minimum absolute atomic E-state index is 0.0610. The predicted molar refractivity (Wildman–Crippen MR) is 36.1 cm³/mol. The summed E-state index contributed by atoms with van der Waals surface area (Å²) >= 11 is 1.15. The molecular weight excluding hydrogens is 124 g/mol. The van der Waals surface area contributed by atoms with Crippen LogP contribution in [0.2, 0.25) is 0 Å². The lowest BCUT2D eigenvalue weighted by atomic mass is 10.5. The largest absolute Gasteiger partial charge is 0.393 e. The van der Waals surface area contributed by atoms with Gasteiger partial charge in [-0.1, -0.05) is 11.8 Å². The predicted octanol–water partition coefficient (Wildman–Crippen LogP) is -0.00613. The molecule has 1 atom stereocenters. The van der Waals surface area contributed by atoms with Crippen molar-refractivity contribution < 1.29 is 5.11 Å². The molecule has 0 rings (SSSR count). The van der Waals surface area contributed by atoms with Crippen molar-refractivity contribution in [3.63, 3.8) is 0 Å². The first-order chi connectivity index (χ1) is 3.63. The molecule has 0 aliphatic carbocycles. The van der Waals surface area contributed by atoms with Gasteiger partial charge in [0.15, 0.2) is 5.17 Å². The maximum Gasteiger partial charge on any atom is 0.151 e. The van der Waals surface area contributed by atoms with Crippen LogP contribution >= 0.6 is 11.8 Å². The highest BCUT2D eigenvalue weighted by Gasteiger charge is 1.95. The molecule has 0 amide bonds. The van der Waals surface area contributed by atoms with E-state index in [9.17, 15) is 0 Å². The van der Waals surface area contributed by atoms with Crippen molar-refractivity contribution in [2.75, 3.05) is 5.75 Å². The minimum atomic E-state index is -0.371. The highest BCUT2D eigenvalue weighted by molar-refractivity contribution is 8.13. The Hall–Kier alpha value is -0.220. The molecule has 0 bridgehead atoms. The SMILES string of the molecule is CC(O)CSC(=N)N. The van der Waals surface area contributed by atoms with Gasteiger partial charge in [-0.05, 0) is 6.92 Å². The van der Waals surface area contributed by atoms with E-state index in [0.29, 0.717) is 5.75 Å². The van der Waals surface area contributed by atoms with E-state index in [1.807, 2.05) is 0 Å². The van der Waals surface area contributed by atoms with Crippen LogP contribution in [0.3, 0.4) is 0 Å². The van der Waals surface area contributed by atoms with E-state index in [1.54, 1.807) is 6.92 Å². The summed E-state index contributed by atoms with van der Waals surface area (Å²) in [5.41, 5.74) is 4.98. The molecule has 1 unspecified atom stereocenters. The van der Waals surface area contributed by atoms with Gasteiger partial charge in [-0.25, -0.2) is 0 Å². The summed E-state index contributed by atoms with van der Waals surface area (Å²) in [5, 5.41) is 15.4. The highest BCUT2D eigenvalue weighted by Crippen LogP contribution is 1.99. The number of rotatable bonds is 2. The van der Waals surface area contributed by atoms with E-state index < -0.39 is 0 Å². The standard InChI is InChI=1S/C4H10N2OS/c1-3(7)2-8-4(5)6/h3,7H,2H2,1H3,(H3,5,6). The molecule has 0 aliphatic heterocycles. The molecule has 0 heterocycles. The maximum atomic E-state index is 8.63. The van der Waals surface area contributed by atoms with Crippen molar-refractivity contribution in [1.82, 2.24) is 0 Å². The smallest absolute Gasteiger partial charge is 0.151 e. The molecule has 0 saturated heterocycles. The summed E-state index contributed by atoms with van der Waals surface area (Å²) in [6.45, 7) is 1.66. The minimum Gasteiger partial charge on any atom is -0.393 e. The fourth-order valence-electron chi connectivity index (χ4n) is 0.210. The van der Waals surface area contributed by atoms with Crippen LogP contribution in [-0.4, -0.2) is 22.1 Å². The number of aliphatic hydroxyl groups is 1. The first kappa shape index (κ1) is 7.78. The van der Waals surface area contributed by atoms with Gasteiger partial charge < -0.3 is 10.8 Å². The molecule has 48 valence electrons. The third kappa shape index (κ3) is 5.78. The second-order valence-electron chi connectivity index (χ2n) is 1.52. The van der Waals surface area contributed by atoms with Gasteiger partial charge in [0.05, 0.1) is 6.10 Å². The zero-order valence-electron chi connectivity index (χ0n) is 4.72. The van der Waals surface area contributed by atoms with E-state index in [4.69, 9.17) is 16.2 Å². The number of aliphatic hydroxyl groups excluding tert-OH is 1. The summed E-state index contributed by atoms with van der Waals surface area (Å²) in [6.07, 6.45) is -0.371. The van der Waals surface area contributed by atoms with Gasteiger partial charge in [-0.2, -0.15) is 0 Å². The third-order valence-electron chi connectivity index (χ3n) is 0.480. The van der Waals surface area contributed by atoms with Gasteiger partial charge in [0.25, 0.3) is 0 Å². The van der Waals surface area contributed by atoms with Crippen molar-refractivity contribution >= 4 is 16.9 Å². The first-order valence-electron chi connectivity index (χ1n) is 2.28. The second kappa shape index (κ2) is 3.74. The third-order valence-corrected chi connectivity index (χ3v) is 1.44. The van der Waals surface area contributed by atoms with Crippen LogP contribution in [0.1, 0.15) is 6.92 Å². The summed E-state index contributed by atoms with van der Waals surface area (Å²) in [7, 11) is 0. The van der Waals surface area contributed by atoms with Crippen molar-refractivity contribution in [2.24, 2.45) is 5.73 Å². The fourth-order valence-corrected chi connectivity index (χ4v) is 0.631. The second-order valence-corrected chi connectivity index (χ2v) is 2.59.